The van der Waals surface area contributed by atoms with Crippen molar-refractivity contribution in [3.63, 3.8) is 0 Å². The summed E-state index contributed by atoms with van der Waals surface area (Å²) >= 11 is 0. The Labute approximate surface area is 123 Å². The van der Waals surface area contributed by atoms with Crippen LogP contribution < -0.4 is 10.2 Å². The Hall–Kier alpha value is -1.35. The van der Waals surface area contributed by atoms with Gasteiger partial charge in [0.15, 0.2) is 0 Å². The van der Waals surface area contributed by atoms with Gasteiger partial charge in [-0.1, -0.05) is 13.0 Å². The molecule has 1 N–H and O–H groups in total. The van der Waals surface area contributed by atoms with Crippen LogP contribution in [0.4, 0.5) is 5.82 Å². The summed E-state index contributed by atoms with van der Waals surface area (Å²) in [6.45, 7) is 12.2. The molecule has 1 aromatic rings. The molecule has 2 rings (SSSR count). The number of hydrogen-bond acceptors (Lipinski definition) is 3. The lowest BCUT2D eigenvalue weighted by Gasteiger charge is -2.27. The third kappa shape index (κ3) is 4.07. The molecule has 1 aromatic heterocycles. The molecule has 1 heterocycles. The van der Waals surface area contributed by atoms with Gasteiger partial charge in [-0.15, -0.1) is 6.58 Å². The number of nitrogens with one attached hydrogen (secondary N) is 1. The summed E-state index contributed by atoms with van der Waals surface area (Å²) < 4.78 is 0. The van der Waals surface area contributed by atoms with Crippen molar-refractivity contribution < 1.29 is 0 Å². The Morgan fingerprint density at radius 2 is 2.20 bits per heavy atom. The summed E-state index contributed by atoms with van der Waals surface area (Å²) in [5, 5.41) is 3.59. The maximum absolute atomic E-state index is 4.79. The number of rotatable bonds is 8. The maximum atomic E-state index is 4.79. The van der Waals surface area contributed by atoms with Crippen LogP contribution in [0.2, 0.25) is 0 Å². The Bertz CT molecular complexity index is 450. The molecule has 1 aliphatic rings. The number of nitrogens with zero attached hydrogens (tertiary/aromatic N) is 2. The Morgan fingerprint density at radius 3 is 2.75 bits per heavy atom. The van der Waals surface area contributed by atoms with Gasteiger partial charge in [0.2, 0.25) is 0 Å². The Kier molecular flexibility index (Phi) is 5.18. The first-order chi connectivity index (χ1) is 9.63. The molecule has 0 aliphatic heterocycles. The maximum Gasteiger partial charge on any atom is 0.129 e. The van der Waals surface area contributed by atoms with Crippen LogP contribution in [-0.2, 0) is 13.0 Å². The highest BCUT2D eigenvalue weighted by Gasteiger charge is 2.20. The van der Waals surface area contributed by atoms with Gasteiger partial charge in [-0.05, 0) is 50.8 Å². The molecule has 1 saturated carbocycles. The molecule has 0 saturated heterocycles. The van der Waals surface area contributed by atoms with Crippen LogP contribution >= 0.6 is 0 Å². The van der Waals surface area contributed by atoms with Crippen molar-refractivity contribution in [1.29, 1.82) is 0 Å². The van der Waals surface area contributed by atoms with Crippen molar-refractivity contribution in [3.05, 3.63) is 36.0 Å². The van der Waals surface area contributed by atoms with E-state index in [1.807, 2.05) is 6.08 Å². The van der Waals surface area contributed by atoms with Crippen molar-refractivity contribution in [1.82, 2.24) is 10.3 Å². The molecule has 0 amide bonds. The van der Waals surface area contributed by atoms with E-state index in [1.165, 1.54) is 24.1 Å². The van der Waals surface area contributed by atoms with Gasteiger partial charge in [0.1, 0.15) is 5.82 Å². The van der Waals surface area contributed by atoms with E-state index in [2.05, 4.69) is 49.7 Å². The van der Waals surface area contributed by atoms with Gasteiger partial charge in [0.25, 0.3) is 0 Å². The lowest BCUT2D eigenvalue weighted by Crippen LogP contribution is -2.32. The van der Waals surface area contributed by atoms with Crippen LogP contribution in [0.1, 0.15) is 44.9 Å². The Morgan fingerprint density at radius 1 is 1.45 bits per heavy atom. The van der Waals surface area contributed by atoms with Gasteiger partial charge >= 0.3 is 0 Å². The van der Waals surface area contributed by atoms with E-state index in [0.717, 1.165) is 31.4 Å². The molecule has 3 nitrogen and oxygen atoms in total. The Balaban J connectivity index is 2.19. The van der Waals surface area contributed by atoms with Gasteiger partial charge in [-0.3, -0.25) is 0 Å². The normalized spacial score (nSPS) is 14.6. The molecule has 0 unspecified atom stereocenters. The molecule has 1 aliphatic carbocycles. The van der Waals surface area contributed by atoms with E-state index in [0.29, 0.717) is 6.04 Å². The van der Waals surface area contributed by atoms with E-state index < -0.39 is 0 Å². The fourth-order valence-electron chi connectivity index (χ4n) is 2.32. The second kappa shape index (κ2) is 6.89. The number of aromatic nitrogens is 1. The van der Waals surface area contributed by atoms with Crippen LogP contribution in [-0.4, -0.2) is 23.6 Å². The molecule has 0 aromatic carbocycles. The molecule has 0 bridgehead atoms. The SMILES string of the molecule is C=CCN(c1cc(CNC2CC2)cc(CC)n1)C(C)C. The van der Waals surface area contributed by atoms with Gasteiger partial charge in [0.05, 0.1) is 0 Å². The molecule has 0 radical (unpaired) electrons. The molecule has 3 heteroatoms. The van der Waals surface area contributed by atoms with Crippen molar-refractivity contribution in [3.8, 4) is 0 Å². The third-order valence-electron chi connectivity index (χ3n) is 3.70. The van der Waals surface area contributed by atoms with Gasteiger partial charge in [0, 0.05) is 30.9 Å². The highest BCUT2D eigenvalue weighted by atomic mass is 15.2. The minimum Gasteiger partial charge on any atom is -0.350 e. The van der Waals surface area contributed by atoms with Crippen molar-refractivity contribution >= 4 is 5.82 Å². The second-order valence-corrected chi connectivity index (χ2v) is 5.87. The first-order valence-corrected chi connectivity index (χ1v) is 7.74. The zero-order valence-electron chi connectivity index (χ0n) is 13.0. The minimum absolute atomic E-state index is 0.428. The van der Waals surface area contributed by atoms with Crippen LogP contribution in [0.25, 0.3) is 0 Å². The van der Waals surface area contributed by atoms with Crippen molar-refractivity contribution in [2.45, 2.75) is 58.7 Å². The summed E-state index contributed by atoms with van der Waals surface area (Å²) in [4.78, 5) is 7.08. The monoisotopic (exact) mass is 273 g/mol. The highest BCUT2D eigenvalue weighted by Crippen LogP contribution is 2.21. The van der Waals surface area contributed by atoms with Gasteiger partial charge in [-0.25, -0.2) is 4.98 Å². The van der Waals surface area contributed by atoms with Crippen molar-refractivity contribution in [2.75, 3.05) is 11.4 Å². The van der Waals surface area contributed by atoms with Crippen LogP contribution in [0.5, 0.6) is 0 Å². The molecule has 110 valence electrons. The van der Waals surface area contributed by atoms with E-state index in [9.17, 15) is 0 Å². The first kappa shape index (κ1) is 15.0. The summed E-state index contributed by atoms with van der Waals surface area (Å²) in [6, 6.07) is 5.62. The largest absolute Gasteiger partial charge is 0.350 e. The number of hydrogen-bond donors (Lipinski definition) is 1. The number of aryl methyl sites for hydroxylation is 1. The lowest BCUT2D eigenvalue weighted by molar-refractivity contribution is 0.680. The molecular weight excluding hydrogens is 246 g/mol. The van der Waals surface area contributed by atoms with E-state index in [4.69, 9.17) is 4.98 Å². The van der Waals surface area contributed by atoms with E-state index >= 15 is 0 Å². The van der Waals surface area contributed by atoms with Crippen LogP contribution in [0, 0.1) is 0 Å². The predicted octanol–water partition coefficient (Wildman–Crippen LogP) is 3.30. The predicted molar refractivity (Wildman–Crippen MR) is 86.2 cm³/mol. The summed E-state index contributed by atoms with van der Waals surface area (Å²) in [5.74, 6) is 1.08. The molecule has 20 heavy (non-hydrogen) atoms. The zero-order valence-corrected chi connectivity index (χ0v) is 13.0. The third-order valence-corrected chi connectivity index (χ3v) is 3.70. The standard InChI is InChI=1S/C17H27N3/c1-5-9-20(13(3)4)17-11-14(10-15(6-2)19-17)12-18-16-7-8-16/h5,10-11,13,16,18H,1,6-9,12H2,2-4H3. The molecule has 0 spiro atoms. The molecule has 1 fully saturated rings. The van der Waals surface area contributed by atoms with Crippen LogP contribution in [0.15, 0.2) is 24.8 Å². The molecule has 0 atom stereocenters. The zero-order chi connectivity index (χ0) is 14.5. The fourth-order valence-corrected chi connectivity index (χ4v) is 2.32. The summed E-state index contributed by atoms with van der Waals surface area (Å²) in [6.07, 6.45) is 5.58. The van der Waals surface area contributed by atoms with E-state index in [1.54, 1.807) is 0 Å². The highest BCUT2D eigenvalue weighted by molar-refractivity contribution is 5.44. The minimum atomic E-state index is 0.428. The van der Waals surface area contributed by atoms with Crippen LogP contribution in [0.3, 0.4) is 0 Å². The average Bonchev–Trinajstić information content (AvgIpc) is 3.26. The van der Waals surface area contributed by atoms with Crippen molar-refractivity contribution in [2.24, 2.45) is 0 Å². The number of anilines is 1. The summed E-state index contributed by atoms with van der Waals surface area (Å²) in [7, 11) is 0. The number of pyridine rings is 1. The average molecular weight is 273 g/mol. The quantitative estimate of drug-likeness (QED) is 0.737. The topological polar surface area (TPSA) is 28.2 Å². The van der Waals surface area contributed by atoms with Gasteiger partial charge < -0.3 is 10.2 Å². The van der Waals surface area contributed by atoms with E-state index in [-0.39, 0.29) is 0 Å². The van der Waals surface area contributed by atoms with Gasteiger partial charge in [-0.2, -0.15) is 0 Å². The summed E-state index contributed by atoms with van der Waals surface area (Å²) in [5.41, 5.74) is 2.51. The smallest absolute Gasteiger partial charge is 0.129 e. The second-order valence-electron chi connectivity index (χ2n) is 5.87. The fraction of sp³-hybridized carbons (Fsp3) is 0.588. The first-order valence-electron chi connectivity index (χ1n) is 7.74. The molecular formula is C17H27N3. The lowest BCUT2D eigenvalue weighted by atomic mass is 10.1.